The van der Waals surface area contributed by atoms with Gasteiger partial charge in [0, 0.05) is 41.5 Å². The molecule has 2 heterocycles. The summed E-state index contributed by atoms with van der Waals surface area (Å²) in [6.07, 6.45) is 2.44. The summed E-state index contributed by atoms with van der Waals surface area (Å²) in [7, 11) is -3.55. The summed E-state index contributed by atoms with van der Waals surface area (Å²) < 4.78 is 28.2. The minimum Gasteiger partial charge on any atom is -0.322 e. The highest BCUT2D eigenvalue weighted by atomic mass is 35.5. The van der Waals surface area contributed by atoms with Gasteiger partial charge in [-0.05, 0) is 55.0 Å². The fourth-order valence-electron chi connectivity index (χ4n) is 3.75. The number of aromatic nitrogens is 2. The number of carbonyl (C=O) groups is 1. The first kappa shape index (κ1) is 22.3. The molecule has 1 saturated heterocycles. The third-order valence-corrected chi connectivity index (χ3v) is 7.36. The molecule has 1 aliphatic heterocycles. The lowest BCUT2D eigenvalue weighted by Gasteiger charge is -2.28. The maximum Gasteiger partial charge on any atom is 0.301 e. The number of hydrogen-bond acceptors (Lipinski definition) is 5. The minimum absolute atomic E-state index is 0.334. The Hall–Kier alpha value is -3.53. The molecule has 5 rings (SSSR count). The molecule has 0 atom stereocenters. The van der Waals surface area contributed by atoms with Gasteiger partial charge >= 0.3 is 10.2 Å². The van der Waals surface area contributed by atoms with Crippen LogP contribution in [-0.2, 0) is 10.2 Å². The van der Waals surface area contributed by atoms with Gasteiger partial charge in [0.2, 0.25) is 0 Å². The highest BCUT2D eigenvalue weighted by Crippen LogP contribution is 2.29. The number of para-hydroxylation sites is 1. The molecule has 1 fully saturated rings. The quantitative estimate of drug-likeness (QED) is 0.442. The number of benzene rings is 3. The molecule has 3 aromatic carbocycles. The molecule has 1 amide bonds. The molecule has 10 heteroatoms. The predicted molar refractivity (Wildman–Crippen MR) is 133 cm³/mol. The van der Waals surface area contributed by atoms with E-state index in [0.717, 1.165) is 10.9 Å². The van der Waals surface area contributed by atoms with E-state index in [1.165, 1.54) is 4.31 Å². The molecule has 1 aliphatic rings. The Labute approximate surface area is 201 Å². The molecule has 0 bridgehead atoms. The van der Waals surface area contributed by atoms with Crippen LogP contribution in [0.3, 0.4) is 0 Å². The standard InChI is InChI=1S/C24H20ClN5O3S/c25-21-11-8-18(14-20(21)23-26-15-17-4-1-2-5-22(17)29-23)28-24(31)16-6-9-19(10-7-16)30-13-3-12-27-34(30,32)33/h1-2,4-11,14-15,27H,3,12-13H2,(H,28,31). The summed E-state index contributed by atoms with van der Waals surface area (Å²) >= 11 is 6.40. The van der Waals surface area contributed by atoms with Crippen LogP contribution in [0.25, 0.3) is 22.3 Å². The van der Waals surface area contributed by atoms with Crippen molar-refractivity contribution in [2.75, 3.05) is 22.7 Å². The molecule has 0 radical (unpaired) electrons. The van der Waals surface area contributed by atoms with Gasteiger partial charge < -0.3 is 5.32 Å². The average molecular weight is 494 g/mol. The summed E-state index contributed by atoms with van der Waals surface area (Å²) in [5.74, 6) is 0.124. The number of rotatable bonds is 4. The van der Waals surface area contributed by atoms with Gasteiger partial charge in [-0.1, -0.05) is 29.8 Å². The van der Waals surface area contributed by atoms with Crippen molar-refractivity contribution in [1.29, 1.82) is 0 Å². The lowest BCUT2D eigenvalue weighted by Crippen LogP contribution is -2.47. The Morgan fingerprint density at radius 1 is 1.06 bits per heavy atom. The van der Waals surface area contributed by atoms with Crippen LogP contribution in [0, 0.1) is 0 Å². The highest BCUT2D eigenvalue weighted by molar-refractivity contribution is 7.90. The molecule has 1 aromatic heterocycles. The van der Waals surface area contributed by atoms with Crippen molar-refractivity contribution in [2.45, 2.75) is 6.42 Å². The van der Waals surface area contributed by atoms with Gasteiger partial charge in [0.05, 0.1) is 16.2 Å². The van der Waals surface area contributed by atoms with E-state index in [0.29, 0.717) is 52.9 Å². The molecule has 2 N–H and O–H groups in total. The number of halogens is 1. The van der Waals surface area contributed by atoms with Crippen molar-refractivity contribution in [3.63, 3.8) is 0 Å². The van der Waals surface area contributed by atoms with Crippen molar-refractivity contribution >= 4 is 50.0 Å². The average Bonchev–Trinajstić information content (AvgIpc) is 2.85. The largest absolute Gasteiger partial charge is 0.322 e. The van der Waals surface area contributed by atoms with E-state index < -0.39 is 10.2 Å². The fraction of sp³-hybridized carbons (Fsp3) is 0.125. The van der Waals surface area contributed by atoms with Crippen LogP contribution in [-0.4, -0.2) is 37.4 Å². The number of carbonyl (C=O) groups excluding carboxylic acids is 1. The lowest BCUT2D eigenvalue weighted by molar-refractivity contribution is 0.102. The molecule has 0 unspecified atom stereocenters. The maximum absolute atomic E-state index is 12.8. The van der Waals surface area contributed by atoms with Gasteiger partial charge in [0.25, 0.3) is 5.91 Å². The summed E-state index contributed by atoms with van der Waals surface area (Å²) in [5.41, 5.74) is 2.83. The molecule has 34 heavy (non-hydrogen) atoms. The molecular weight excluding hydrogens is 474 g/mol. The topological polar surface area (TPSA) is 104 Å². The number of fused-ring (bicyclic) bond motifs is 1. The molecule has 172 valence electrons. The van der Waals surface area contributed by atoms with Gasteiger partial charge in [-0.2, -0.15) is 13.1 Å². The normalized spacial score (nSPS) is 15.3. The van der Waals surface area contributed by atoms with Crippen molar-refractivity contribution in [3.8, 4) is 11.4 Å². The van der Waals surface area contributed by atoms with Crippen LogP contribution in [0.15, 0.2) is 72.9 Å². The second-order valence-electron chi connectivity index (χ2n) is 7.77. The molecule has 0 spiro atoms. The highest BCUT2D eigenvalue weighted by Gasteiger charge is 2.25. The van der Waals surface area contributed by atoms with Crippen LogP contribution in [0.2, 0.25) is 5.02 Å². The molecular formula is C24H20ClN5O3S. The first-order valence-corrected chi connectivity index (χ1v) is 12.4. The van der Waals surface area contributed by atoms with Crippen molar-refractivity contribution in [1.82, 2.24) is 14.7 Å². The van der Waals surface area contributed by atoms with Gasteiger partial charge in [0.1, 0.15) is 0 Å². The Balaban J connectivity index is 1.36. The predicted octanol–water partition coefficient (Wildman–Crippen LogP) is 4.25. The first-order valence-electron chi connectivity index (χ1n) is 10.6. The molecule has 8 nitrogen and oxygen atoms in total. The minimum atomic E-state index is -3.55. The zero-order chi connectivity index (χ0) is 23.7. The second-order valence-corrected chi connectivity index (χ2v) is 9.86. The zero-order valence-corrected chi connectivity index (χ0v) is 19.5. The van der Waals surface area contributed by atoms with E-state index in [-0.39, 0.29) is 5.91 Å². The van der Waals surface area contributed by atoms with Crippen LogP contribution >= 0.6 is 11.6 Å². The smallest absolute Gasteiger partial charge is 0.301 e. The molecule has 4 aromatic rings. The Kier molecular flexibility index (Phi) is 5.91. The van der Waals surface area contributed by atoms with Crippen LogP contribution in [0.1, 0.15) is 16.8 Å². The van der Waals surface area contributed by atoms with Crippen molar-refractivity contribution in [3.05, 3.63) is 83.5 Å². The monoisotopic (exact) mass is 493 g/mol. The van der Waals surface area contributed by atoms with Crippen LogP contribution < -0.4 is 14.3 Å². The van der Waals surface area contributed by atoms with E-state index in [9.17, 15) is 13.2 Å². The second kappa shape index (κ2) is 9.02. The number of anilines is 2. The van der Waals surface area contributed by atoms with Crippen LogP contribution in [0.4, 0.5) is 11.4 Å². The van der Waals surface area contributed by atoms with E-state index in [2.05, 4.69) is 20.0 Å². The van der Waals surface area contributed by atoms with Crippen LogP contribution in [0.5, 0.6) is 0 Å². The van der Waals surface area contributed by atoms with E-state index in [1.807, 2.05) is 24.3 Å². The number of hydrogen-bond donors (Lipinski definition) is 2. The Bertz CT molecular complexity index is 1490. The summed E-state index contributed by atoms with van der Waals surface area (Å²) in [5, 5.41) is 4.24. The third-order valence-electron chi connectivity index (χ3n) is 5.48. The van der Waals surface area contributed by atoms with E-state index in [4.69, 9.17) is 11.6 Å². The van der Waals surface area contributed by atoms with Gasteiger partial charge in [-0.3, -0.25) is 9.10 Å². The maximum atomic E-state index is 12.8. The Morgan fingerprint density at radius 3 is 2.65 bits per heavy atom. The number of amides is 1. The lowest BCUT2D eigenvalue weighted by atomic mass is 10.1. The van der Waals surface area contributed by atoms with Gasteiger partial charge in [-0.15, -0.1) is 0 Å². The van der Waals surface area contributed by atoms with Crippen molar-refractivity contribution < 1.29 is 13.2 Å². The van der Waals surface area contributed by atoms with Crippen molar-refractivity contribution in [2.24, 2.45) is 0 Å². The van der Waals surface area contributed by atoms with Gasteiger partial charge in [0.15, 0.2) is 5.82 Å². The van der Waals surface area contributed by atoms with E-state index in [1.54, 1.807) is 48.7 Å². The summed E-state index contributed by atoms with van der Waals surface area (Å²) in [6, 6.07) is 19.2. The van der Waals surface area contributed by atoms with Gasteiger partial charge in [-0.25, -0.2) is 9.97 Å². The summed E-state index contributed by atoms with van der Waals surface area (Å²) in [6.45, 7) is 0.817. The molecule has 0 saturated carbocycles. The first-order chi connectivity index (χ1) is 16.4. The summed E-state index contributed by atoms with van der Waals surface area (Å²) in [4.78, 5) is 21.8. The number of nitrogens with zero attached hydrogens (tertiary/aromatic N) is 3. The van der Waals surface area contributed by atoms with E-state index >= 15 is 0 Å². The Morgan fingerprint density at radius 2 is 1.85 bits per heavy atom. The zero-order valence-electron chi connectivity index (χ0n) is 17.9. The third kappa shape index (κ3) is 4.45. The fourth-order valence-corrected chi connectivity index (χ4v) is 5.28. The number of nitrogens with one attached hydrogen (secondary N) is 2. The SMILES string of the molecule is O=C(Nc1ccc(Cl)c(-c2ncc3ccccc3n2)c1)c1ccc(N2CCCNS2(=O)=O)cc1. The molecule has 0 aliphatic carbocycles.